The van der Waals surface area contributed by atoms with Crippen molar-refractivity contribution in [2.75, 3.05) is 20.3 Å². The first-order valence-corrected chi connectivity index (χ1v) is 7.66. The number of rotatable bonds is 2. The molecule has 1 aromatic carbocycles. The van der Waals surface area contributed by atoms with Crippen molar-refractivity contribution < 1.29 is 19.2 Å². The Kier molecular flexibility index (Phi) is 2.66. The minimum absolute atomic E-state index is 0.215. The molecule has 2 fully saturated rings. The highest BCUT2D eigenvalue weighted by molar-refractivity contribution is 5.97. The molecule has 1 aromatic rings. The van der Waals surface area contributed by atoms with Gasteiger partial charge in [0, 0.05) is 0 Å². The number of hydrogen-bond donors (Lipinski definition) is 2. The highest BCUT2D eigenvalue weighted by atomic mass is 16.8. The Morgan fingerprint density at radius 3 is 2.29 bits per heavy atom. The van der Waals surface area contributed by atoms with E-state index in [-0.39, 0.29) is 5.84 Å². The molecule has 7 heteroatoms. The lowest BCUT2D eigenvalue weighted by Gasteiger charge is -2.27. The summed E-state index contributed by atoms with van der Waals surface area (Å²) in [6, 6.07) is 11.9. The highest BCUT2D eigenvalue weighted by Crippen LogP contribution is 2.82. The zero-order chi connectivity index (χ0) is 17.2. The molecule has 3 atom stereocenters. The maximum Gasteiger partial charge on any atom is 0.343 e. The van der Waals surface area contributed by atoms with E-state index in [1.165, 1.54) is 0 Å². The molecule has 1 spiro atoms. The number of amidine groups is 1. The van der Waals surface area contributed by atoms with Crippen molar-refractivity contribution >= 4 is 5.84 Å². The van der Waals surface area contributed by atoms with Crippen LogP contribution in [-0.4, -0.2) is 32.1 Å². The fourth-order valence-electron chi connectivity index (χ4n) is 4.71. The summed E-state index contributed by atoms with van der Waals surface area (Å²) in [4.78, 5) is 2.94. The number of ether oxygens (including phenoxy) is 3. The Morgan fingerprint density at radius 2 is 1.79 bits per heavy atom. The van der Waals surface area contributed by atoms with Crippen molar-refractivity contribution in [1.82, 2.24) is 0 Å². The first-order chi connectivity index (χ1) is 11.5. The van der Waals surface area contributed by atoms with Gasteiger partial charge >= 0.3 is 5.91 Å². The first kappa shape index (κ1) is 14.9. The van der Waals surface area contributed by atoms with Crippen LogP contribution in [0.5, 0.6) is 5.75 Å². The summed E-state index contributed by atoms with van der Waals surface area (Å²) in [5.41, 5.74) is 3.65. The zero-order valence-corrected chi connectivity index (χ0v) is 13.4. The molecule has 4 rings (SSSR count). The molecular weight excluding hydrogens is 308 g/mol. The second-order valence-corrected chi connectivity index (χ2v) is 6.43. The summed E-state index contributed by atoms with van der Waals surface area (Å²) >= 11 is 0. The standard InChI is InChI=1S/C17H16N4O3/c1-14(11-3-5-12(22-2)6-4-11)15(9-18)13(20)21-17(16(14,15)10-19)23-7-8-24-17/h3-6H,7-8H2,1-2H3,(H2,20,21)/p+1/t14-,15+,16-/m1/s1. The molecular formula is C17H17N4O3+. The van der Waals surface area contributed by atoms with Crippen LogP contribution in [0.2, 0.25) is 0 Å². The van der Waals surface area contributed by atoms with Crippen molar-refractivity contribution in [3.8, 4) is 17.9 Å². The van der Waals surface area contributed by atoms with E-state index in [4.69, 9.17) is 19.9 Å². The molecule has 0 radical (unpaired) electrons. The molecule has 24 heavy (non-hydrogen) atoms. The van der Waals surface area contributed by atoms with E-state index >= 15 is 0 Å². The van der Waals surface area contributed by atoms with Gasteiger partial charge in [0.15, 0.2) is 10.8 Å². The smallest absolute Gasteiger partial charge is 0.343 e. The average Bonchev–Trinajstić information content (AvgIpc) is 2.88. The summed E-state index contributed by atoms with van der Waals surface area (Å²) < 4.78 is 16.7. The van der Waals surface area contributed by atoms with Crippen LogP contribution in [0, 0.1) is 33.5 Å². The van der Waals surface area contributed by atoms with Gasteiger partial charge in [-0.25, -0.2) is 4.99 Å². The predicted octanol–water partition coefficient (Wildman–Crippen LogP) is -0.862. The Balaban J connectivity index is 1.95. The highest BCUT2D eigenvalue weighted by Gasteiger charge is 3.03. The number of nitrogens with one attached hydrogen (secondary N) is 1. The summed E-state index contributed by atoms with van der Waals surface area (Å²) in [6.45, 7) is 2.54. The Labute approximate surface area is 139 Å². The molecule has 0 bridgehead atoms. The summed E-state index contributed by atoms with van der Waals surface area (Å²) in [5.74, 6) is -0.480. The van der Waals surface area contributed by atoms with Crippen LogP contribution in [0.3, 0.4) is 0 Å². The Hall–Kier alpha value is -2.61. The summed E-state index contributed by atoms with van der Waals surface area (Å²) in [5, 5.41) is 20.1. The molecule has 1 saturated heterocycles. The normalized spacial score (nSPS) is 38.1. The molecule has 1 aliphatic carbocycles. The van der Waals surface area contributed by atoms with Gasteiger partial charge in [-0.2, -0.15) is 10.5 Å². The van der Waals surface area contributed by atoms with Gasteiger partial charge in [0.2, 0.25) is 0 Å². The van der Waals surface area contributed by atoms with E-state index in [0.29, 0.717) is 19.0 Å². The van der Waals surface area contributed by atoms with Gasteiger partial charge in [0.1, 0.15) is 5.75 Å². The zero-order valence-electron chi connectivity index (χ0n) is 13.4. The topological polar surface area (TPSA) is 115 Å². The lowest BCUT2D eigenvalue weighted by atomic mass is 9.84. The van der Waals surface area contributed by atoms with Crippen LogP contribution in [0.25, 0.3) is 0 Å². The second-order valence-electron chi connectivity index (χ2n) is 6.43. The third-order valence-corrected chi connectivity index (χ3v) is 5.89. The SMILES string of the molecule is COc1ccc([C@]2(C)[C@]3(C#N)C(N)=[NH+]C4(OCCO4)[C@@]32C#N)cc1. The van der Waals surface area contributed by atoms with E-state index < -0.39 is 22.2 Å². The molecule has 1 saturated carbocycles. The van der Waals surface area contributed by atoms with Crippen molar-refractivity contribution in [2.45, 2.75) is 18.2 Å². The molecule has 7 nitrogen and oxygen atoms in total. The van der Waals surface area contributed by atoms with Crippen molar-refractivity contribution in [3.63, 3.8) is 0 Å². The van der Waals surface area contributed by atoms with Gasteiger partial charge in [-0.3, -0.25) is 5.73 Å². The Bertz CT molecular complexity index is 831. The van der Waals surface area contributed by atoms with Crippen LogP contribution < -0.4 is 15.5 Å². The third-order valence-electron chi connectivity index (χ3n) is 5.89. The number of hydrogen-bond acceptors (Lipinski definition) is 6. The summed E-state index contributed by atoms with van der Waals surface area (Å²) in [7, 11) is 1.58. The van der Waals surface area contributed by atoms with Crippen LogP contribution in [0.4, 0.5) is 0 Å². The lowest BCUT2D eigenvalue weighted by molar-refractivity contribution is -0.677. The van der Waals surface area contributed by atoms with Crippen molar-refractivity contribution in [1.29, 1.82) is 10.5 Å². The minimum Gasteiger partial charge on any atom is -0.497 e. The maximum atomic E-state index is 10.1. The molecule has 3 N–H and O–H groups in total. The van der Waals surface area contributed by atoms with Gasteiger partial charge in [-0.15, -0.1) is 0 Å². The van der Waals surface area contributed by atoms with Gasteiger partial charge in [0.05, 0.1) is 37.9 Å². The van der Waals surface area contributed by atoms with Gasteiger partial charge in [-0.1, -0.05) is 19.1 Å². The molecule has 2 heterocycles. The molecule has 0 unspecified atom stereocenters. The molecule has 0 amide bonds. The number of methoxy groups -OCH3 is 1. The second kappa shape index (κ2) is 4.27. The number of benzene rings is 1. The van der Waals surface area contributed by atoms with Gasteiger partial charge < -0.3 is 14.2 Å². The summed E-state index contributed by atoms with van der Waals surface area (Å²) in [6.07, 6.45) is 0. The number of nitrogens with zero attached hydrogens (tertiary/aromatic N) is 2. The van der Waals surface area contributed by atoms with E-state index in [1.807, 2.05) is 19.1 Å². The van der Waals surface area contributed by atoms with E-state index in [0.717, 1.165) is 5.56 Å². The monoisotopic (exact) mass is 325 g/mol. The quantitative estimate of drug-likeness (QED) is 0.731. The lowest BCUT2D eigenvalue weighted by Crippen LogP contribution is -2.90. The molecule has 3 aliphatic rings. The van der Waals surface area contributed by atoms with Crippen LogP contribution >= 0.6 is 0 Å². The van der Waals surface area contributed by atoms with E-state index in [1.54, 1.807) is 19.2 Å². The minimum atomic E-state index is -1.39. The van der Waals surface area contributed by atoms with Crippen LogP contribution in [0.1, 0.15) is 12.5 Å². The third kappa shape index (κ3) is 1.15. The molecule has 0 aromatic heterocycles. The molecule has 122 valence electrons. The van der Waals surface area contributed by atoms with E-state index in [9.17, 15) is 10.5 Å². The number of fused-ring (bicyclic) bond motifs is 2. The van der Waals surface area contributed by atoms with Gasteiger partial charge in [-0.05, 0) is 17.7 Å². The van der Waals surface area contributed by atoms with Gasteiger partial charge in [0.25, 0.3) is 5.84 Å². The fourth-order valence-corrected chi connectivity index (χ4v) is 4.71. The predicted molar refractivity (Wildman–Crippen MR) is 81.2 cm³/mol. The van der Waals surface area contributed by atoms with Crippen molar-refractivity contribution in [2.24, 2.45) is 16.6 Å². The van der Waals surface area contributed by atoms with Crippen LogP contribution in [-0.2, 0) is 14.9 Å². The maximum absolute atomic E-state index is 10.1. The number of nitriles is 2. The largest absolute Gasteiger partial charge is 0.497 e. The first-order valence-electron chi connectivity index (χ1n) is 7.66. The van der Waals surface area contributed by atoms with E-state index in [2.05, 4.69) is 17.1 Å². The average molecular weight is 325 g/mol. The fraction of sp³-hybridized carbons (Fsp3) is 0.471. The van der Waals surface area contributed by atoms with Crippen LogP contribution in [0.15, 0.2) is 24.3 Å². The molecule has 2 aliphatic heterocycles. The number of nitrogens with two attached hydrogens (primary N) is 1. The Morgan fingerprint density at radius 1 is 1.17 bits per heavy atom. The van der Waals surface area contributed by atoms with Crippen molar-refractivity contribution in [3.05, 3.63) is 29.8 Å².